The van der Waals surface area contributed by atoms with Crippen LogP contribution in [0.5, 0.6) is 5.75 Å². The van der Waals surface area contributed by atoms with Crippen LogP contribution in [0.15, 0.2) is 53.4 Å². The summed E-state index contributed by atoms with van der Waals surface area (Å²) in [5.74, 6) is -0.281. The lowest BCUT2D eigenvalue weighted by Gasteiger charge is -2.34. The van der Waals surface area contributed by atoms with Crippen LogP contribution >= 0.6 is 0 Å². The van der Waals surface area contributed by atoms with E-state index in [0.29, 0.717) is 11.4 Å². The predicted molar refractivity (Wildman–Crippen MR) is 88.6 cm³/mol. The number of esters is 1. The van der Waals surface area contributed by atoms with E-state index in [1.165, 1.54) is 23.5 Å². The summed E-state index contributed by atoms with van der Waals surface area (Å²) in [6, 6.07) is 13.3. The second kappa shape index (κ2) is 6.16. The molecule has 0 spiro atoms. The van der Waals surface area contributed by atoms with Crippen molar-refractivity contribution in [1.29, 1.82) is 0 Å². The third kappa shape index (κ3) is 2.82. The Morgan fingerprint density at radius 2 is 1.92 bits per heavy atom. The number of hydrogen-bond donors (Lipinski definition) is 0. The summed E-state index contributed by atoms with van der Waals surface area (Å²) in [6.07, 6.45) is -1.01. The summed E-state index contributed by atoms with van der Waals surface area (Å²) >= 11 is 0. The fourth-order valence-corrected chi connectivity index (χ4v) is 4.05. The van der Waals surface area contributed by atoms with E-state index in [-0.39, 0.29) is 11.4 Å². The minimum atomic E-state index is -3.82. The number of hydrogen-bond acceptors (Lipinski definition) is 5. The lowest BCUT2D eigenvalue weighted by molar-refractivity contribution is -0.148. The van der Waals surface area contributed by atoms with E-state index in [0.717, 1.165) is 5.56 Å². The van der Waals surface area contributed by atoms with Gasteiger partial charge in [0.15, 0.2) is 0 Å². The van der Waals surface area contributed by atoms with Gasteiger partial charge in [-0.1, -0.05) is 24.3 Å². The number of sulfonamides is 1. The zero-order valence-corrected chi connectivity index (χ0v) is 14.1. The Balaban J connectivity index is 2.12. The molecule has 126 valence electrons. The van der Waals surface area contributed by atoms with Gasteiger partial charge in [0, 0.05) is 0 Å². The fraction of sp³-hybridized carbons (Fsp3) is 0.235. The lowest BCUT2D eigenvalue weighted by atomic mass is 10.1. The number of carbonyl (C=O) groups is 1. The molecule has 3 rings (SSSR count). The quantitative estimate of drug-likeness (QED) is 0.795. The first kappa shape index (κ1) is 16.3. The van der Waals surface area contributed by atoms with E-state index in [9.17, 15) is 13.2 Å². The van der Waals surface area contributed by atoms with Crippen LogP contribution in [0.3, 0.4) is 0 Å². The van der Waals surface area contributed by atoms with Gasteiger partial charge in [-0.05, 0) is 36.8 Å². The van der Waals surface area contributed by atoms with E-state index in [2.05, 4.69) is 0 Å². The van der Waals surface area contributed by atoms with Crippen LogP contribution < -0.4 is 9.04 Å². The van der Waals surface area contributed by atoms with Crippen LogP contribution in [0.2, 0.25) is 0 Å². The van der Waals surface area contributed by atoms with Crippen LogP contribution in [0.1, 0.15) is 5.56 Å². The highest BCUT2D eigenvalue weighted by Crippen LogP contribution is 2.37. The first-order valence-electron chi connectivity index (χ1n) is 7.36. The molecule has 1 atom stereocenters. The summed E-state index contributed by atoms with van der Waals surface area (Å²) in [5.41, 5.74) is 1.31. The zero-order valence-electron chi connectivity index (χ0n) is 13.3. The molecule has 0 aromatic heterocycles. The SMILES string of the molecule is COC(=O)C1CN(S(=O)(=O)c2ccccc2)c2cc(C)ccc2O1. The van der Waals surface area contributed by atoms with E-state index in [4.69, 9.17) is 9.47 Å². The summed E-state index contributed by atoms with van der Waals surface area (Å²) in [6.45, 7) is 1.72. The standard InChI is InChI=1S/C17H17NO5S/c1-12-8-9-15-14(10-12)18(11-16(23-15)17(19)22-2)24(20,21)13-6-4-3-5-7-13/h3-10,16H,11H2,1-2H3. The maximum absolute atomic E-state index is 13.0. The molecule has 0 fully saturated rings. The van der Waals surface area contributed by atoms with Crippen LogP contribution in [0.25, 0.3) is 0 Å². The summed E-state index contributed by atoms with van der Waals surface area (Å²) < 4.78 is 37.6. The number of aryl methyl sites for hydroxylation is 1. The van der Waals surface area contributed by atoms with E-state index in [1.54, 1.807) is 36.4 Å². The average molecular weight is 347 g/mol. The third-order valence-electron chi connectivity index (χ3n) is 3.78. The smallest absolute Gasteiger partial charge is 0.348 e. The number of rotatable bonds is 3. The number of fused-ring (bicyclic) bond motifs is 1. The van der Waals surface area contributed by atoms with Crippen molar-refractivity contribution >= 4 is 21.7 Å². The number of anilines is 1. The van der Waals surface area contributed by atoms with Gasteiger partial charge in [0.25, 0.3) is 10.0 Å². The van der Waals surface area contributed by atoms with Crippen molar-refractivity contribution in [3.63, 3.8) is 0 Å². The second-order valence-corrected chi connectivity index (χ2v) is 7.31. The van der Waals surface area contributed by atoms with E-state index < -0.39 is 22.1 Å². The van der Waals surface area contributed by atoms with Gasteiger partial charge in [-0.15, -0.1) is 0 Å². The van der Waals surface area contributed by atoms with Crippen LogP contribution in [0, 0.1) is 6.92 Å². The fourth-order valence-electron chi connectivity index (χ4n) is 2.56. The van der Waals surface area contributed by atoms with Crippen LogP contribution in [0.4, 0.5) is 5.69 Å². The molecular weight excluding hydrogens is 330 g/mol. The molecular formula is C17H17NO5S. The van der Waals surface area contributed by atoms with Gasteiger partial charge in [0.05, 0.1) is 24.2 Å². The van der Waals surface area contributed by atoms with Crippen LogP contribution in [-0.4, -0.2) is 34.1 Å². The van der Waals surface area contributed by atoms with Gasteiger partial charge in [0.1, 0.15) is 5.75 Å². The van der Waals surface area contributed by atoms with Gasteiger partial charge in [-0.3, -0.25) is 4.31 Å². The maximum Gasteiger partial charge on any atom is 0.348 e. The molecule has 1 heterocycles. The van der Waals surface area contributed by atoms with Crippen molar-refractivity contribution in [3.8, 4) is 5.75 Å². The molecule has 2 aromatic rings. The second-order valence-electron chi connectivity index (χ2n) is 5.45. The summed E-state index contributed by atoms with van der Waals surface area (Å²) in [5, 5.41) is 0. The first-order valence-corrected chi connectivity index (χ1v) is 8.80. The molecule has 0 bridgehead atoms. The molecule has 0 saturated carbocycles. The zero-order chi connectivity index (χ0) is 17.3. The number of benzene rings is 2. The van der Waals surface area contributed by atoms with Crippen molar-refractivity contribution < 1.29 is 22.7 Å². The van der Waals surface area contributed by atoms with Crippen molar-refractivity contribution in [2.75, 3.05) is 18.0 Å². The molecule has 6 nitrogen and oxygen atoms in total. The number of methoxy groups -OCH3 is 1. The molecule has 1 unspecified atom stereocenters. The Morgan fingerprint density at radius 3 is 2.58 bits per heavy atom. The monoisotopic (exact) mass is 347 g/mol. The van der Waals surface area contributed by atoms with E-state index in [1.807, 2.05) is 6.92 Å². The number of ether oxygens (including phenoxy) is 2. The van der Waals surface area contributed by atoms with Gasteiger partial charge in [-0.2, -0.15) is 0 Å². The highest BCUT2D eigenvalue weighted by molar-refractivity contribution is 7.92. The molecule has 0 N–H and O–H groups in total. The Morgan fingerprint density at radius 1 is 1.21 bits per heavy atom. The largest absolute Gasteiger partial charge is 0.475 e. The molecule has 1 aliphatic heterocycles. The minimum Gasteiger partial charge on any atom is -0.475 e. The number of carbonyl (C=O) groups excluding carboxylic acids is 1. The predicted octanol–water partition coefficient (Wildman–Crippen LogP) is 2.12. The topological polar surface area (TPSA) is 72.9 Å². The van der Waals surface area contributed by atoms with Crippen LogP contribution in [-0.2, 0) is 19.6 Å². The molecule has 0 amide bonds. The summed E-state index contributed by atoms with van der Waals surface area (Å²) in [4.78, 5) is 12.0. The highest BCUT2D eigenvalue weighted by Gasteiger charge is 2.38. The Hall–Kier alpha value is -2.54. The van der Waals surface area contributed by atoms with E-state index >= 15 is 0 Å². The number of nitrogens with zero attached hydrogens (tertiary/aromatic N) is 1. The average Bonchev–Trinajstić information content (AvgIpc) is 2.60. The Labute approximate surface area is 140 Å². The van der Waals surface area contributed by atoms with Gasteiger partial charge in [0.2, 0.25) is 6.10 Å². The molecule has 1 aliphatic rings. The highest BCUT2D eigenvalue weighted by atomic mass is 32.2. The maximum atomic E-state index is 13.0. The normalized spacial score (nSPS) is 16.9. The van der Waals surface area contributed by atoms with Crippen molar-refractivity contribution in [2.45, 2.75) is 17.9 Å². The molecule has 0 saturated heterocycles. The molecule has 0 radical (unpaired) electrons. The third-order valence-corrected chi connectivity index (χ3v) is 5.57. The molecule has 7 heteroatoms. The van der Waals surface area contributed by atoms with Crippen molar-refractivity contribution in [2.24, 2.45) is 0 Å². The van der Waals surface area contributed by atoms with Gasteiger partial charge >= 0.3 is 5.97 Å². The summed E-state index contributed by atoms with van der Waals surface area (Å²) in [7, 11) is -2.58. The Bertz CT molecular complexity index is 864. The molecule has 24 heavy (non-hydrogen) atoms. The molecule has 2 aromatic carbocycles. The van der Waals surface area contributed by atoms with Gasteiger partial charge < -0.3 is 9.47 Å². The van der Waals surface area contributed by atoms with Crippen molar-refractivity contribution in [3.05, 3.63) is 54.1 Å². The van der Waals surface area contributed by atoms with Gasteiger partial charge in [-0.25, -0.2) is 13.2 Å². The Kier molecular flexibility index (Phi) is 4.19. The minimum absolute atomic E-state index is 0.139. The molecule has 0 aliphatic carbocycles. The van der Waals surface area contributed by atoms with Crippen molar-refractivity contribution in [1.82, 2.24) is 0 Å². The first-order chi connectivity index (χ1) is 11.4. The lowest BCUT2D eigenvalue weighted by Crippen LogP contribution is -2.47.